The SMILES string of the molecule is CC(C)(N)CNC(=O)CCNS(=O)(=O)c1ccccc1F. The average molecular weight is 317 g/mol. The van der Waals surface area contributed by atoms with Crippen LogP contribution < -0.4 is 15.8 Å². The van der Waals surface area contributed by atoms with Gasteiger partial charge in [0, 0.05) is 25.0 Å². The standard InChI is InChI=1S/C13H20FN3O3S/c1-13(2,15)9-16-12(18)7-8-17-21(19,20)11-6-4-3-5-10(11)14/h3-6,17H,7-9,15H2,1-2H3,(H,16,18). The van der Waals surface area contributed by atoms with Gasteiger partial charge in [-0.15, -0.1) is 0 Å². The maximum absolute atomic E-state index is 13.4. The van der Waals surface area contributed by atoms with Crippen molar-refractivity contribution in [2.75, 3.05) is 13.1 Å². The number of nitrogens with two attached hydrogens (primary N) is 1. The van der Waals surface area contributed by atoms with Crippen molar-refractivity contribution in [3.63, 3.8) is 0 Å². The second-order valence-corrected chi connectivity index (χ2v) is 7.08. The zero-order valence-corrected chi connectivity index (χ0v) is 12.8. The summed E-state index contributed by atoms with van der Waals surface area (Å²) in [6.45, 7) is 3.68. The molecule has 0 aromatic heterocycles. The molecule has 0 fully saturated rings. The van der Waals surface area contributed by atoms with E-state index < -0.39 is 26.3 Å². The Labute approximate surface area is 124 Å². The molecule has 0 radical (unpaired) electrons. The van der Waals surface area contributed by atoms with Gasteiger partial charge in [-0.3, -0.25) is 4.79 Å². The topological polar surface area (TPSA) is 101 Å². The van der Waals surface area contributed by atoms with Crippen LogP contribution in [0.3, 0.4) is 0 Å². The molecule has 118 valence electrons. The Morgan fingerprint density at radius 2 is 1.95 bits per heavy atom. The Kier molecular flexibility index (Phi) is 5.82. The van der Waals surface area contributed by atoms with Crippen molar-refractivity contribution in [1.29, 1.82) is 0 Å². The van der Waals surface area contributed by atoms with Crippen molar-refractivity contribution in [2.24, 2.45) is 5.73 Å². The van der Waals surface area contributed by atoms with Crippen LogP contribution in [0.25, 0.3) is 0 Å². The number of carbonyl (C=O) groups is 1. The van der Waals surface area contributed by atoms with Gasteiger partial charge in [0.1, 0.15) is 10.7 Å². The maximum Gasteiger partial charge on any atom is 0.243 e. The molecule has 0 aliphatic rings. The fourth-order valence-electron chi connectivity index (χ4n) is 1.45. The Morgan fingerprint density at radius 3 is 2.52 bits per heavy atom. The predicted octanol–water partition coefficient (Wildman–Crippen LogP) is 0.348. The number of amides is 1. The third kappa shape index (κ3) is 6.19. The van der Waals surface area contributed by atoms with E-state index in [1.807, 2.05) is 0 Å². The minimum absolute atomic E-state index is 0.0518. The summed E-state index contributed by atoms with van der Waals surface area (Å²) in [5.41, 5.74) is 5.17. The number of hydrogen-bond acceptors (Lipinski definition) is 4. The molecule has 0 spiro atoms. The first-order valence-corrected chi connectivity index (χ1v) is 7.90. The van der Waals surface area contributed by atoms with Crippen molar-refractivity contribution in [2.45, 2.75) is 30.7 Å². The van der Waals surface area contributed by atoms with Gasteiger partial charge in [0.2, 0.25) is 15.9 Å². The van der Waals surface area contributed by atoms with E-state index in [1.54, 1.807) is 13.8 Å². The van der Waals surface area contributed by atoms with Crippen LogP contribution in [-0.2, 0) is 14.8 Å². The number of nitrogens with one attached hydrogen (secondary N) is 2. The van der Waals surface area contributed by atoms with E-state index in [1.165, 1.54) is 12.1 Å². The molecule has 1 rings (SSSR count). The minimum Gasteiger partial charge on any atom is -0.354 e. The third-order valence-electron chi connectivity index (χ3n) is 2.51. The smallest absolute Gasteiger partial charge is 0.243 e. The van der Waals surface area contributed by atoms with E-state index >= 15 is 0 Å². The van der Waals surface area contributed by atoms with E-state index in [9.17, 15) is 17.6 Å². The van der Waals surface area contributed by atoms with Gasteiger partial charge in [-0.05, 0) is 26.0 Å². The third-order valence-corrected chi connectivity index (χ3v) is 4.01. The molecule has 21 heavy (non-hydrogen) atoms. The molecule has 1 amide bonds. The van der Waals surface area contributed by atoms with Crippen LogP contribution in [-0.4, -0.2) is 33.0 Å². The summed E-state index contributed by atoms with van der Waals surface area (Å²) in [4.78, 5) is 11.1. The number of rotatable bonds is 7. The Bertz CT molecular complexity index is 597. The molecule has 4 N–H and O–H groups in total. The first-order valence-electron chi connectivity index (χ1n) is 6.41. The van der Waals surface area contributed by atoms with Crippen LogP contribution in [0.4, 0.5) is 4.39 Å². The van der Waals surface area contributed by atoms with Crippen LogP contribution in [0.5, 0.6) is 0 Å². The molecule has 0 heterocycles. The maximum atomic E-state index is 13.4. The molecule has 0 bridgehead atoms. The van der Waals surface area contributed by atoms with Crippen molar-refractivity contribution in [1.82, 2.24) is 10.0 Å². The van der Waals surface area contributed by atoms with Crippen molar-refractivity contribution in [3.8, 4) is 0 Å². The number of carbonyl (C=O) groups excluding carboxylic acids is 1. The highest BCUT2D eigenvalue weighted by molar-refractivity contribution is 7.89. The monoisotopic (exact) mass is 317 g/mol. The largest absolute Gasteiger partial charge is 0.354 e. The fraction of sp³-hybridized carbons (Fsp3) is 0.462. The van der Waals surface area contributed by atoms with Gasteiger partial charge in [0.05, 0.1) is 0 Å². The average Bonchev–Trinajstić information content (AvgIpc) is 2.35. The minimum atomic E-state index is -3.96. The van der Waals surface area contributed by atoms with E-state index in [0.29, 0.717) is 0 Å². The molecule has 8 heteroatoms. The highest BCUT2D eigenvalue weighted by atomic mass is 32.2. The molecular weight excluding hydrogens is 297 g/mol. The predicted molar refractivity (Wildman–Crippen MR) is 77.5 cm³/mol. The fourth-order valence-corrected chi connectivity index (χ4v) is 2.56. The zero-order valence-electron chi connectivity index (χ0n) is 12.0. The normalized spacial score (nSPS) is 12.2. The Morgan fingerprint density at radius 1 is 1.33 bits per heavy atom. The van der Waals surface area contributed by atoms with E-state index in [2.05, 4.69) is 10.0 Å². The van der Waals surface area contributed by atoms with Gasteiger partial charge in [-0.2, -0.15) is 0 Å². The molecule has 6 nitrogen and oxygen atoms in total. The van der Waals surface area contributed by atoms with Gasteiger partial charge in [0.15, 0.2) is 0 Å². The lowest BCUT2D eigenvalue weighted by Crippen LogP contribution is -2.45. The summed E-state index contributed by atoms with van der Waals surface area (Å²) in [5, 5.41) is 2.59. The summed E-state index contributed by atoms with van der Waals surface area (Å²) in [5.74, 6) is -1.16. The first-order chi connectivity index (χ1) is 9.62. The van der Waals surface area contributed by atoms with Crippen LogP contribution in [0.1, 0.15) is 20.3 Å². The molecule has 1 aromatic carbocycles. The molecule has 0 aliphatic heterocycles. The molecule has 0 saturated carbocycles. The second kappa shape index (κ2) is 6.97. The highest BCUT2D eigenvalue weighted by Crippen LogP contribution is 2.12. The summed E-state index contributed by atoms with van der Waals surface area (Å²) < 4.78 is 39.3. The van der Waals surface area contributed by atoms with Gasteiger partial charge >= 0.3 is 0 Å². The van der Waals surface area contributed by atoms with Crippen molar-refractivity contribution >= 4 is 15.9 Å². The first kappa shape index (κ1) is 17.5. The molecule has 1 aromatic rings. The molecule has 0 atom stereocenters. The van der Waals surface area contributed by atoms with Gasteiger partial charge < -0.3 is 11.1 Å². The second-order valence-electron chi connectivity index (χ2n) is 5.34. The van der Waals surface area contributed by atoms with Gasteiger partial charge in [-0.1, -0.05) is 12.1 Å². The van der Waals surface area contributed by atoms with Crippen LogP contribution in [0, 0.1) is 5.82 Å². The zero-order chi connectivity index (χ0) is 16.1. The summed E-state index contributed by atoms with van der Waals surface area (Å²) in [7, 11) is -3.96. The van der Waals surface area contributed by atoms with E-state index in [-0.39, 0.29) is 25.4 Å². The highest BCUT2D eigenvalue weighted by Gasteiger charge is 2.18. The molecule has 0 unspecified atom stereocenters. The lowest BCUT2D eigenvalue weighted by molar-refractivity contribution is -0.121. The number of halogens is 1. The summed E-state index contributed by atoms with van der Waals surface area (Å²) >= 11 is 0. The van der Waals surface area contributed by atoms with Crippen LogP contribution in [0.2, 0.25) is 0 Å². The van der Waals surface area contributed by atoms with Gasteiger partial charge in [-0.25, -0.2) is 17.5 Å². The Balaban J connectivity index is 2.49. The van der Waals surface area contributed by atoms with Crippen LogP contribution in [0.15, 0.2) is 29.2 Å². The summed E-state index contributed by atoms with van der Waals surface area (Å²) in [6.07, 6.45) is -0.0518. The number of hydrogen-bond donors (Lipinski definition) is 3. The summed E-state index contributed by atoms with van der Waals surface area (Å²) in [6, 6.07) is 5.04. The van der Waals surface area contributed by atoms with E-state index in [0.717, 1.165) is 12.1 Å². The Hall–Kier alpha value is -1.51. The lowest BCUT2D eigenvalue weighted by atomic mass is 10.1. The van der Waals surface area contributed by atoms with Crippen molar-refractivity contribution < 1.29 is 17.6 Å². The molecular formula is C13H20FN3O3S. The number of benzene rings is 1. The van der Waals surface area contributed by atoms with Gasteiger partial charge in [0.25, 0.3) is 0 Å². The lowest BCUT2D eigenvalue weighted by Gasteiger charge is -2.18. The molecule has 0 aliphatic carbocycles. The number of sulfonamides is 1. The van der Waals surface area contributed by atoms with Crippen LogP contribution >= 0.6 is 0 Å². The quantitative estimate of drug-likeness (QED) is 0.675. The van der Waals surface area contributed by atoms with Crippen molar-refractivity contribution in [3.05, 3.63) is 30.1 Å². The van der Waals surface area contributed by atoms with E-state index in [4.69, 9.17) is 5.73 Å². The molecule has 0 saturated heterocycles.